The van der Waals surface area contributed by atoms with E-state index in [1.807, 2.05) is 67.6 Å². The smallest absolute Gasteiger partial charge is 0.278 e. The SMILES string of the molecule is CCSC1=N/C(=C\c2ccc(OCc3ccccc3)cc2)C(=O)N1C. The van der Waals surface area contributed by atoms with Crippen LogP contribution in [0.4, 0.5) is 0 Å². The quantitative estimate of drug-likeness (QED) is 0.758. The van der Waals surface area contributed by atoms with Crippen molar-refractivity contribution in [3.8, 4) is 5.75 Å². The van der Waals surface area contributed by atoms with Gasteiger partial charge in [-0.3, -0.25) is 9.69 Å². The lowest BCUT2D eigenvalue weighted by atomic mass is 10.2. The lowest BCUT2D eigenvalue weighted by Crippen LogP contribution is -2.25. The highest BCUT2D eigenvalue weighted by Gasteiger charge is 2.26. The van der Waals surface area contributed by atoms with Crippen molar-refractivity contribution in [1.29, 1.82) is 0 Å². The fourth-order valence-electron chi connectivity index (χ4n) is 2.40. The first kappa shape index (κ1) is 17.3. The number of amides is 1. The van der Waals surface area contributed by atoms with Crippen molar-refractivity contribution in [1.82, 2.24) is 4.90 Å². The van der Waals surface area contributed by atoms with E-state index in [4.69, 9.17) is 4.74 Å². The number of hydrogen-bond donors (Lipinski definition) is 0. The molecule has 1 amide bonds. The number of likely N-dealkylation sites (N-methyl/N-ethyl adjacent to an activating group) is 1. The van der Waals surface area contributed by atoms with Gasteiger partial charge in [-0.2, -0.15) is 0 Å². The maximum Gasteiger partial charge on any atom is 0.278 e. The number of hydrogen-bond acceptors (Lipinski definition) is 4. The molecule has 2 aromatic carbocycles. The van der Waals surface area contributed by atoms with Crippen LogP contribution in [0, 0.1) is 0 Å². The van der Waals surface area contributed by atoms with Crippen molar-refractivity contribution >= 4 is 28.9 Å². The van der Waals surface area contributed by atoms with E-state index in [1.54, 1.807) is 23.7 Å². The van der Waals surface area contributed by atoms with Crippen LogP contribution < -0.4 is 4.74 Å². The molecular weight excluding hydrogens is 332 g/mol. The van der Waals surface area contributed by atoms with E-state index in [1.165, 1.54) is 0 Å². The van der Waals surface area contributed by atoms with E-state index in [-0.39, 0.29) is 5.91 Å². The highest BCUT2D eigenvalue weighted by atomic mass is 32.2. The standard InChI is InChI=1S/C20H20N2O2S/c1-3-25-20-21-18(19(23)22(20)2)13-15-9-11-17(12-10-15)24-14-16-7-5-4-6-8-16/h4-13H,3,14H2,1-2H3/b18-13-. The molecule has 1 aliphatic rings. The number of carbonyl (C=O) groups excluding carboxylic acids is 1. The predicted molar refractivity (Wildman–Crippen MR) is 104 cm³/mol. The molecule has 5 heteroatoms. The highest BCUT2D eigenvalue weighted by molar-refractivity contribution is 8.13. The average molecular weight is 352 g/mol. The average Bonchev–Trinajstić information content (AvgIpc) is 2.90. The zero-order chi connectivity index (χ0) is 17.6. The second kappa shape index (κ2) is 8.03. The highest BCUT2D eigenvalue weighted by Crippen LogP contribution is 2.23. The molecule has 0 N–H and O–H groups in total. The van der Waals surface area contributed by atoms with Gasteiger partial charge in [0.05, 0.1) is 0 Å². The summed E-state index contributed by atoms with van der Waals surface area (Å²) >= 11 is 1.57. The van der Waals surface area contributed by atoms with E-state index in [0.717, 1.165) is 27.8 Å². The minimum atomic E-state index is -0.0691. The fraction of sp³-hybridized carbons (Fsp3) is 0.200. The fourth-order valence-corrected chi connectivity index (χ4v) is 3.09. The van der Waals surface area contributed by atoms with Gasteiger partial charge < -0.3 is 4.74 Å². The number of amidine groups is 1. The van der Waals surface area contributed by atoms with Crippen LogP contribution in [0.15, 0.2) is 65.3 Å². The van der Waals surface area contributed by atoms with E-state index < -0.39 is 0 Å². The Hall–Kier alpha value is -2.53. The molecule has 0 aromatic heterocycles. The van der Waals surface area contributed by atoms with Crippen LogP contribution in [0.2, 0.25) is 0 Å². The summed E-state index contributed by atoms with van der Waals surface area (Å²) in [6.07, 6.45) is 1.81. The summed E-state index contributed by atoms with van der Waals surface area (Å²) in [5.41, 5.74) is 2.52. The first-order chi connectivity index (χ1) is 12.2. The largest absolute Gasteiger partial charge is 0.489 e. The van der Waals surface area contributed by atoms with Gasteiger partial charge in [0.15, 0.2) is 5.17 Å². The summed E-state index contributed by atoms with van der Waals surface area (Å²) in [6, 6.07) is 17.7. The molecule has 3 rings (SSSR count). The third-order valence-electron chi connectivity index (χ3n) is 3.73. The summed E-state index contributed by atoms with van der Waals surface area (Å²) in [4.78, 5) is 18.2. The van der Waals surface area contributed by atoms with Gasteiger partial charge in [0.25, 0.3) is 5.91 Å². The molecule has 0 aliphatic carbocycles. The zero-order valence-corrected chi connectivity index (χ0v) is 15.1. The second-order valence-electron chi connectivity index (χ2n) is 5.56. The molecule has 0 atom stereocenters. The number of thioether (sulfide) groups is 1. The molecule has 0 saturated carbocycles. The predicted octanol–water partition coefficient (Wildman–Crippen LogP) is 4.19. The van der Waals surface area contributed by atoms with E-state index in [9.17, 15) is 4.79 Å². The Balaban J connectivity index is 1.67. The van der Waals surface area contributed by atoms with Crippen molar-refractivity contribution in [3.63, 3.8) is 0 Å². The van der Waals surface area contributed by atoms with Crippen molar-refractivity contribution in [2.75, 3.05) is 12.8 Å². The summed E-state index contributed by atoms with van der Waals surface area (Å²) in [7, 11) is 1.76. The van der Waals surface area contributed by atoms with E-state index in [2.05, 4.69) is 4.99 Å². The van der Waals surface area contributed by atoms with Crippen molar-refractivity contribution < 1.29 is 9.53 Å². The Kier molecular flexibility index (Phi) is 5.56. The van der Waals surface area contributed by atoms with Crippen LogP contribution in [0.3, 0.4) is 0 Å². The lowest BCUT2D eigenvalue weighted by molar-refractivity contribution is -0.121. The van der Waals surface area contributed by atoms with Crippen LogP contribution in [-0.4, -0.2) is 28.8 Å². The molecule has 0 unspecified atom stereocenters. The molecule has 0 radical (unpaired) electrons. The molecule has 1 aliphatic heterocycles. The molecule has 25 heavy (non-hydrogen) atoms. The van der Waals surface area contributed by atoms with Crippen LogP contribution >= 0.6 is 11.8 Å². The maximum atomic E-state index is 12.2. The van der Waals surface area contributed by atoms with Gasteiger partial charge in [-0.05, 0) is 35.1 Å². The first-order valence-electron chi connectivity index (χ1n) is 8.15. The number of rotatable bonds is 5. The van der Waals surface area contributed by atoms with Crippen molar-refractivity contribution in [2.45, 2.75) is 13.5 Å². The molecule has 2 aromatic rings. The van der Waals surface area contributed by atoms with Gasteiger partial charge in [-0.1, -0.05) is 61.2 Å². The molecule has 1 heterocycles. The summed E-state index contributed by atoms with van der Waals surface area (Å²) in [5, 5.41) is 0.751. The van der Waals surface area contributed by atoms with Crippen molar-refractivity contribution in [3.05, 3.63) is 71.4 Å². The molecule has 0 saturated heterocycles. The molecule has 0 fully saturated rings. The third-order valence-corrected chi connectivity index (χ3v) is 4.64. The third kappa shape index (κ3) is 4.31. The van der Waals surface area contributed by atoms with E-state index >= 15 is 0 Å². The lowest BCUT2D eigenvalue weighted by Gasteiger charge is -2.09. The molecule has 0 bridgehead atoms. The van der Waals surface area contributed by atoms with Crippen LogP contribution in [0.25, 0.3) is 6.08 Å². The molecule has 4 nitrogen and oxygen atoms in total. The Labute approximate surface area is 152 Å². The normalized spacial score (nSPS) is 15.6. The summed E-state index contributed by atoms with van der Waals surface area (Å²) < 4.78 is 5.78. The van der Waals surface area contributed by atoms with Crippen LogP contribution in [0.5, 0.6) is 5.75 Å². The number of carbonyl (C=O) groups is 1. The molecule has 0 spiro atoms. The van der Waals surface area contributed by atoms with Crippen molar-refractivity contribution in [2.24, 2.45) is 4.99 Å². The minimum absolute atomic E-state index is 0.0691. The van der Waals surface area contributed by atoms with Gasteiger partial charge >= 0.3 is 0 Å². The molecular formula is C20H20N2O2S. The van der Waals surface area contributed by atoms with Crippen LogP contribution in [-0.2, 0) is 11.4 Å². The first-order valence-corrected chi connectivity index (χ1v) is 9.14. The van der Waals surface area contributed by atoms with Crippen LogP contribution in [0.1, 0.15) is 18.1 Å². The van der Waals surface area contributed by atoms with Gasteiger partial charge in [-0.15, -0.1) is 0 Å². The number of ether oxygens (including phenoxy) is 1. The Morgan fingerprint density at radius 3 is 2.52 bits per heavy atom. The van der Waals surface area contributed by atoms with Gasteiger partial charge in [-0.25, -0.2) is 4.99 Å². The second-order valence-corrected chi connectivity index (χ2v) is 6.80. The van der Waals surface area contributed by atoms with Gasteiger partial charge in [0.2, 0.25) is 0 Å². The Morgan fingerprint density at radius 2 is 1.84 bits per heavy atom. The number of benzene rings is 2. The maximum absolute atomic E-state index is 12.2. The zero-order valence-electron chi connectivity index (χ0n) is 14.3. The minimum Gasteiger partial charge on any atom is -0.489 e. The van der Waals surface area contributed by atoms with E-state index in [0.29, 0.717) is 12.3 Å². The monoisotopic (exact) mass is 352 g/mol. The Morgan fingerprint density at radius 1 is 1.12 bits per heavy atom. The summed E-state index contributed by atoms with van der Waals surface area (Å²) in [6.45, 7) is 2.58. The topological polar surface area (TPSA) is 41.9 Å². The number of nitrogens with zero attached hydrogens (tertiary/aromatic N) is 2. The molecule has 128 valence electrons. The Bertz CT molecular complexity index is 798. The van der Waals surface area contributed by atoms with Gasteiger partial charge in [0, 0.05) is 7.05 Å². The summed E-state index contributed by atoms with van der Waals surface area (Å²) in [5.74, 6) is 1.61. The number of aliphatic imine (C=N–C) groups is 1. The van der Waals surface area contributed by atoms with Gasteiger partial charge in [0.1, 0.15) is 18.1 Å².